The molecule has 0 heterocycles. The topological polar surface area (TPSA) is 72.8 Å². The van der Waals surface area contributed by atoms with Crippen molar-refractivity contribution < 1.29 is 24.2 Å². The molecule has 5 nitrogen and oxygen atoms in total. The monoisotopic (exact) mass is 1010 g/mol. The minimum atomic E-state index is -0.812. The van der Waals surface area contributed by atoms with E-state index in [1.54, 1.807) is 0 Å². The number of hydrogen-bond acceptors (Lipinski definition) is 5. The predicted molar refractivity (Wildman–Crippen MR) is 324 cm³/mol. The summed E-state index contributed by atoms with van der Waals surface area (Å²) >= 11 is 0. The number of hydrogen-bond donors (Lipinski definition) is 1. The van der Waals surface area contributed by atoms with Crippen molar-refractivity contribution in [2.24, 2.45) is 0 Å². The molecule has 0 aromatic heterocycles. The SMILES string of the molecule is CC/C=C\C/C=C\C/C=C\C/C=C\C/C=C\C/C=C\C/C=C\C/C=C\C/C=C\C/C=C\C/C=C\CCCCCC(=O)OC(CO)COC(=O)CCCCCCCCC/C=C\C/C=C\C/C=C\C/C=C\C/C=C\CC. The number of unbranched alkanes of at least 4 members (excludes halogenated alkanes) is 10. The quantitative estimate of drug-likeness (QED) is 0.0373. The van der Waals surface area contributed by atoms with Crippen LogP contribution in [0.25, 0.3) is 0 Å². The van der Waals surface area contributed by atoms with Crippen LogP contribution in [0.3, 0.4) is 0 Å². The molecule has 0 rings (SSSR count). The average molecular weight is 1010 g/mol. The van der Waals surface area contributed by atoms with Crippen LogP contribution in [0, 0.1) is 0 Å². The van der Waals surface area contributed by atoms with Crippen LogP contribution in [-0.4, -0.2) is 36.4 Å². The van der Waals surface area contributed by atoms with Crippen molar-refractivity contribution in [3.05, 3.63) is 194 Å². The first kappa shape index (κ1) is 68.7. The van der Waals surface area contributed by atoms with Crippen LogP contribution in [0.1, 0.15) is 206 Å². The van der Waals surface area contributed by atoms with Crippen molar-refractivity contribution in [1.82, 2.24) is 0 Å². The molecule has 1 unspecified atom stereocenters. The minimum Gasteiger partial charge on any atom is -0.462 e. The Morgan fingerprint density at radius 3 is 0.824 bits per heavy atom. The summed E-state index contributed by atoms with van der Waals surface area (Å²) in [5.74, 6) is -0.659. The highest BCUT2D eigenvalue weighted by Crippen LogP contribution is 2.12. The number of ether oxygens (including phenoxy) is 2. The molecule has 0 saturated carbocycles. The van der Waals surface area contributed by atoms with Gasteiger partial charge in [-0.1, -0.05) is 247 Å². The summed E-state index contributed by atoms with van der Waals surface area (Å²) in [4.78, 5) is 24.5. The second-order valence-electron chi connectivity index (χ2n) is 18.2. The summed E-state index contributed by atoms with van der Waals surface area (Å²) < 4.78 is 10.7. The zero-order valence-electron chi connectivity index (χ0n) is 46.8. The fourth-order valence-electron chi connectivity index (χ4n) is 7.11. The Balaban J connectivity index is 3.71. The number of carbonyl (C=O) groups is 2. The molecular weight excluding hydrogens is 909 g/mol. The zero-order chi connectivity index (χ0) is 53.4. The number of aliphatic hydroxyl groups is 1. The van der Waals surface area contributed by atoms with Crippen LogP contribution in [0.5, 0.6) is 0 Å². The molecule has 0 radical (unpaired) electrons. The van der Waals surface area contributed by atoms with E-state index in [9.17, 15) is 14.7 Å². The summed E-state index contributed by atoms with van der Waals surface area (Å²) in [6, 6.07) is 0. The molecule has 0 spiro atoms. The van der Waals surface area contributed by atoms with Gasteiger partial charge in [0.05, 0.1) is 6.61 Å². The highest BCUT2D eigenvalue weighted by atomic mass is 16.6. The van der Waals surface area contributed by atoms with Gasteiger partial charge in [-0.15, -0.1) is 0 Å². The first-order chi connectivity index (χ1) is 36.6. The number of rotatable bonds is 50. The second kappa shape index (κ2) is 62.0. The van der Waals surface area contributed by atoms with Gasteiger partial charge in [-0.25, -0.2) is 0 Å². The Morgan fingerprint density at radius 1 is 0.311 bits per heavy atom. The molecule has 0 amide bonds. The molecule has 0 saturated heterocycles. The van der Waals surface area contributed by atoms with Crippen LogP contribution in [0.15, 0.2) is 194 Å². The Bertz CT molecular complexity index is 1760. The van der Waals surface area contributed by atoms with Crippen molar-refractivity contribution in [1.29, 1.82) is 0 Å². The Kier molecular flexibility index (Phi) is 57.6. The largest absolute Gasteiger partial charge is 0.462 e. The molecule has 0 aliphatic heterocycles. The van der Waals surface area contributed by atoms with Crippen molar-refractivity contribution in [3.8, 4) is 0 Å². The minimum absolute atomic E-state index is 0.0996. The fraction of sp³-hybridized carbons (Fsp3) is 0.507. The summed E-state index contributed by atoms with van der Waals surface area (Å²) in [5, 5.41) is 9.65. The molecule has 0 aliphatic carbocycles. The van der Waals surface area contributed by atoms with Gasteiger partial charge >= 0.3 is 11.9 Å². The van der Waals surface area contributed by atoms with Gasteiger partial charge in [-0.05, 0) is 141 Å². The lowest BCUT2D eigenvalue weighted by atomic mass is 10.1. The van der Waals surface area contributed by atoms with Gasteiger partial charge in [0, 0.05) is 12.8 Å². The van der Waals surface area contributed by atoms with Crippen LogP contribution in [-0.2, 0) is 19.1 Å². The first-order valence-corrected chi connectivity index (χ1v) is 29.0. The number of allylic oxidation sites excluding steroid dienone is 32. The predicted octanol–water partition coefficient (Wildman–Crippen LogP) is 20.1. The fourth-order valence-corrected chi connectivity index (χ4v) is 7.11. The Labute approximate surface area is 454 Å². The zero-order valence-corrected chi connectivity index (χ0v) is 46.8. The highest BCUT2D eigenvalue weighted by Gasteiger charge is 2.16. The third kappa shape index (κ3) is 59.3. The normalized spacial score (nSPS) is 13.7. The molecule has 410 valence electrons. The molecule has 0 aromatic carbocycles. The average Bonchev–Trinajstić information content (AvgIpc) is 3.40. The number of aliphatic hydroxyl groups excluding tert-OH is 1. The van der Waals surface area contributed by atoms with Crippen molar-refractivity contribution in [3.63, 3.8) is 0 Å². The first-order valence-electron chi connectivity index (χ1n) is 29.0. The maximum Gasteiger partial charge on any atom is 0.306 e. The molecule has 0 fully saturated rings. The number of esters is 2. The van der Waals surface area contributed by atoms with E-state index in [0.717, 1.165) is 154 Å². The van der Waals surface area contributed by atoms with Gasteiger partial charge in [-0.3, -0.25) is 9.59 Å². The molecule has 5 heteroatoms. The van der Waals surface area contributed by atoms with Crippen LogP contribution in [0.2, 0.25) is 0 Å². The number of carbonyl (C=O) groups excluding carboxylic acids is 2. The molecule has 74 heavy (non-hydrogen) atoms. The van der Waals surface area contributed by atoms with Gasteiger partial charge in [-0.2, -0.15) is 0 Å². The van der Waals surface area contributed by atoms with Gasteiger partial charge in [0.2, 0.25) is 0 Å². The Morgan fingerprint density at radius 2 is 0.541 bits per heavy atom. The lowest BCUT2D eigenvalue weighted by Crippen LogP contribution is -2.28. The van der Waals surface area contributed by atoms with Gasteiger partial charge in [0.15, 0.2) is 6.10 Å². The van der Waals surface area contributed by atoms with E-state index in [4.69, 9.17) is 9.47 Å². The van der Waals surface area contributed by atoms with Crippen molar-refractivity contribution in [2.75, 3.05) is 13.2 Å². The maximum absolute atomic E-state index is 12.3. The van der Waals surface area contributed by atoms with E-state index in [0.29, 0.717) is 12.8 Å². The molecule has 1 N–H and O–H groups in total. The van der Waals surface area contributed by atoms with E-state index in [2.05, 4.69) is 208 Å². The van der Waals surface area contributed by atoms with Crippen LogP contribution < -0.4 is 0 Å². The lowest BCUT2D eigenvalue weighted by molar-refractivity contribution is -0.161. The summed E-state index contributed by atoms with van der Waals surface area (Å²) in [7, 11) is 0. The lowest BCUT2D eigenvalue weighted by Gasteiger charge is -2.15. The maximum atomic E-state index is 12.3. The molecule has 0 bridgehead atoms. The third-order valence-corrected chi connectivity index (χ3v) is 11.4. The van der Waals surface area contributed by atoms with Gasteiger partial charge in [0.1, 0.15) is 6.61 Å². The summed E-state index contributed by atoms with van der Waals surface area (Å²) in [6.07, 6.45) is 99.6. The van der Waals surface area contributed by atoms with Crippen molar-refractivity contribution >= 4 is 11.9 Å². The summed E-state index contributed by atoms with van der Waals surface area (Å²) in [6.45, 7) is 3.86. The molecule has 0 aliphatic rings. The van der Waals surface area contributed by atoms with Crippen molar-refractivity contribution in [2.45, 2.75) is 213 Å². The molecule has 0 aromatic rings. The van der Waals surface area contributed by atoms with E-state index in [1.807, 2.05) is 0 Å². The van der Waals surface area contributed by atoms with E-state index in [1.165, 1.54) is 25.7 Å². The van der Waals surface area contributed by atoms with Crippen LogP contribution in [0.4, 0.5) is 0 Å². The van der Waals surface area contributed by atoms with Crippen LogP contribution >= 0.6 is 0 Å². The van der Waals surface area contributed by atoms with E-state index in [-0.39, 0.29) is 25.2 Å². The smallest absolute Gasteiger partial charge is 0.306 e. The third-order valence-electron chi connectivity index (χ3n) is 11.4. The highest BCUT2D eigenvalue weighted by molar-refractivity contribution is 5.70. The van der Waals surface area contributed by atoms with Gasteiger partial charge in [0.25, 0.3) is 0 Å². The molecule has 1 atom stereocenters. The van der Waals surface area contributed by atoms with E-state index < -0.39 is 6.10 Å². The Hall–Kier alpha value is -5.26. The van der Waals surface area contributed by atoms with E-state index >= 15 is 0 Å². The summed E-state index contributed by atoms with van der Waals surface area (Å²) in [5.41, 5.74) is 0. The molecular formula is C69H104O5. The second-order valence-corrected chi connectivity index (χ2v) is 18.2. The van der Waals surface area contributed by atoms with Gasteiger partial charge < -0.3 is 14.6 Å². The standard InChI is InChI=1S/C69H104O5/c1-3-5-7-9-11-13-15-17-19-21-23-25-27-28-29-30-31-32-33-34-35-36-37-38-39-40-42-44-46-48-50-52-54-56-58-60-62-64-69(72)74-67(65-70)66-73-68(71)63-61-59-57-55-53-51-49-47-45-43-41-26-24-22-20-18-16-14-12-10-8-6-4-2/h5-8,11-14,17-20,23-26,28-29,31-32,34-35,37-38,40,42-43,45-46,48,52,54,67,70H,3-4,9-10,15-16,21-22,27,30,33,36,39,41,44,47,49-51,53,55-66H2,1-2H3/b7-5-,8-6-,13-11-,14-12-,19-17-,20-18-,25-23-,26-24-,29-28-,32-31-,35-34-,38-37-,42-40-,45-43-,48-46-,54-52-.